The van der Waals surface area contributed by atoms with Gasteiger partial charge in [0.15, 0.2) is 11.8 Å². The van der Waals surface area contributed by atoms with Gasteiger partial charge in [-0.15, -0.1) is 11.3 Å². The van der Waals surface area contributed by atoms with Crippen LogP contribution in [-0.4, -0.2) is 22.4 Å². The molecule has 9 heteroatoms. The van der Waals surface area contributed by atoms with Crippen molar-refractivity contribution in [1.29, 1.82) is 0 Å². The van der Waals surface area contributed by atoms with Gasteiger partial charge in [-0.2, -0.15) is 4.37 Å². The number of carbonyl (C=O) groups excluding carboxylic acids is 2. The Balaban J connectivity index is 1.94. The van der Waals surface area contributed by atoms with E-state index in [1.807, 2.05) is 17.5 Å². The predicted molar refractivity (Wildman–Crippen MR) is 87.8 cm³/mol. The highest BCUT2D eigenvalue weighted by atomic mass is 35.5. The summed E-state index contributed by atoms with van der Waals surface area (Å²) in [7, 11) is 0. The Hall–Kier alpha value is -1.15. The van der Waals surface area contributed by atoms with E-state index in [9.17, 15) is 9.59 Å². The van der Waals surface area contributed by atoms with Crippen molar-refractivity contribution in [3.8, 4) is 0 Å². The molecule has 0 saturated carbocycles. The third-order valence-electron chi connectivity index (χ3n) is 2.72. The van der Waals surface area contributed by atoms with Gasteiger partial charge in [0.1, 0.15) is 9.36 Å². The molecule has 2 aromatic rings. The van der Waals surface area contributed by atoms with Gasteiger partial charge in [-0.05, 0) is 29.4 Å². The monoisotopic (exact) mass is 378 g/mol. The molecule has 2 heterocycles. The number of nitrogens with zero attached hydrogens (tertiary/aromatic N) is 1. The number of hydrogen-bond donors (Lipinski definition) is 1. The van der Waals surface area contributed by atoms with Crippen molar-refractivity contribution in [2.45, 2.75) is 26.0 Å². The minimum absolute atomic E-state index is 0.0468. The number of halogens is 2. The van der Waals surface area contributed by atoms with E-state index in [-0.39, 0.29) is 21.0 Å². The minimum Gasteiger partial charge on any atom is -0.447 e. The molecule has 0 aliphatic heterocycles. The van der Waals surface area contributed by atoms with Crippen LogP contribution in [-0.2, 0) is 16.1 Å². The first-order chi connectivity index (χ1) is 10.5. The summed E-state index contributed by atoms with van der Waals surface area (Å²) < 4.78 is 9.20. The second-order valence-corrected chi connectivity index (χ2v) is 7.00. The van der Waals surface area contributed by atoms with E-state index in [4.69, 9.17) is 27.9 Å². The fraction of sp³-hybridized carbons (Fsp3) is 0.308. The van der Waals surface area contributed by atoms with E-state index < -0.39 is 12.1 Å². The largest absolute Gasteiger partial charge is 0.447 e. The number of ether oxygens (including phenoxy) is 1. The van der Waals surface area contributed by atoms with E-state index in [0.717, 1.165) is 16.4 Å². The lowest BCUT2D eigenvalue weighted by atomic mass is 10.2. The number of rotatable bonds is 6. The summed E-state index contributed by atoms with van der Waals surface area (Å²) in [4.78, 5) is 25.1. The van der Waals surface area contributed by atoms with Gasteiger partial charge in [-0.1, -0.05) is 36.2 Å². The number of amides is 1. The van der Waals surface area contributed by atoms with Crippen LogP contribution in [0.4, 0.5) is 0 Å². The van der Waals surface area contributed by atoms with Crippen molar-refractivity contribution in [3.63, 3.8) is 0 Å². The first-order valence-corrected chi connectivity index (χ1v) is 8.75. The first kappa shape index (κ1) is 17.2. The summed E-state index contributed by atoms with van der Waals surface area (Å²) in [5, 5.41) is 4.70. The van der Waals surface area contributed by atoms with Crippen LogP contribution in [0.1, 0.15) is 28.7 Å². The Bertz CT molecular complexity index is 658. The molecule has 0 saturated heterocycles. The smallest absolute Gasteiger partial charge is 0.360 e. The SMILES string of the molecule is CC[C@@H](OC(=O)c1nsc(Cl)c1Cl)C(=O)NCc1cccs1. The van der Waals surface area contributed by atoms with Crippen LogP contribution >= 0.6 is 46.1 Å². The Morgan fingerprint density at radius 1 is 1.45 bits per heavy atom. The fourth-order valence-electron chi connectivity index (χ4n) is 1.59. The van der Waals surface area contributed by atoms with Crippen LogP contribution in [0.5, 0.6) is 0 Å². The number of nitrogens with one attached hydrogen (secondary N) is 1. The van der Waals surface area contributed by atoms with Crippen LogP contribution < -0.4 is 5.32 Å². The number of hydrogen-bond acceptors (Lipinski definition) is 6. The lowest BCUT2D eigenvalue weighted by Gasteiger charge is -2.15. The second kappa shape index (κ2) is 7.92. The van der Waals surface area contributed by atoms with E-state index in [1.165, 1.54) is 11.3 Å². The molecule has 0 bridgehead atoms. The third-order valence-corrected chi connectivity index (χ3v) is 5.21. The zero-order valence-electron chi connectivity index (χ0n) is 11.5. The topological polar surface area (TPSA) is 68.3 Å². The average molecular weight is 379 g/mol. The molecule has 1 atom stereocenters. The third kappa shape index (κ3) is 4.19. The van der Waals surface area contributed by atoms with Crippen LogP contribution in [0.15, 0.2) is 17.5 Å². The second-order valence-electron chi connectivity index (χ2n) is 4.22. The molecular formula is C13H12Cl2N2O3S2. The average Bonchev–Trinajstić information content (AvgIpc) is 3.13. The molecule has 1 N–H and O–H groups in total. The van der Waals surface area contributed by atoms with Crippen LogP contribution in [0, 0.1) is 0 Å². The fourth-order valence-corrected chi connectivity index (χ4v) is 3.22. The van der Waals surface area contributed by atoms with E-state index >= 15 is 0 Å². The Morgan fingerprint density at radius 3 is 2.77 bits per heavy atom. The van der Waals surface area contributed by atoms with Crippen molar-refractivity contribution in [2.75, 3.05) is 0 Å². The summed E-state index contributed by atoms with van der Waals surface area (Å²) in [5.41, 5.74) is -0.0684. The molecule has 0 radical (unpaired) electrons. The van der Waals surface area contributed by atoms with Crippen molar-refractivity contribution < 1.29 is 14.3 Å². The molecule has 0 unspecified atom stereocenters. The highest BCUT2D eigenvalue weighted by Crippen LogP contribution is 2.30. The summed E-state index contributed by atoms with van der Waals surface area (Å²) in [6, 6.07) is 3.81. The molecule has 0 aromatic carbocycles. The highest BCUT2D eigenvalue weighted by molar-refractivity contribution is 7.11. The maximum absolute atomic E-state index is 12.1. The van der Waals surface area contributed by atoms with Crippen molar-refractivity contribution in [1.82, 2.24) is 9.69 Å². The predicted octanol–water partition coefficient (Wildman–Crippen LogP) is 3.76. The van der Waals surface area contributed by atoms with Gasteiger partial charge >= 0.3 is 5.97 Å². The van der Waals surface area contributed by atoms with Gasteiger partial charge in [0.2, 0.25) is 0 Å². The van der Waals surface area contributed by atoms with Gasteiger partial charge in [0.05, 0.1) is 6.54 Å². The standard InChI is InChI=1S/C13H12Cl2N2O3S2/c1-2-8(12(18)16-6-7-4-3-5-21-7)20-13(19)10-9(14)11(15)22-17-10/h3-5,8H,2,6H2,1H3,(H,16,18)/t8-/m1/s1. The maximum atomic E-state index is 12.1. The molecule has 22 heavy (non-hydrogen) atoms. The molecule has 0 aliphatic carbocycles. The van der Waals surface area contributed by atoms with Gasteiger partial charge in [-0.25, -0.2) is 4.79 Å². The van der Waals surface area contributed by atoms with E-state index in [1.54, 1.807) is 6.92 Å². The number of carbonyl (C=O) groups is 2. The van der Waals surface area contributed by atoms with E-state index in [0.29, 0.717) is 13.0 Å². The lowest BCUT2D eigenvalue weighted by molar-refractivity contribution is -0.130. The van der Waals surface area contributed by atoms with Crippen LogP contribution in [0.2, 0.25) is 9.36 Å². The summed E-state index contributed by atoms with van der Waals surface area (Å²) in [6.45, 7) is 2.14. The van der Waals surface area contributed by atoms with Gasteiger partial charge in [-0.3, -0.25) is 4.79 Å². The first-order valence-electron chi connectivity index (χ1n) is 6.34. The molecule has 0 fully saturated rings. The Morgan fingerprint density at radius 2 is 2.23 bits per heavy atom. The van der Waals surface area contributed by atoms with E-state index in [2.05, 4.69) is 9.69 Å². The van der Waals surface area contributed by atoms with Crippen molar-refractivity contribution in [2.24, 2.45) is 0 Å². The number of esters is 1. The summed E-state index contributed by atoms with van der Waals surface area (Å²) in [5.74, 6) is -1.12. The summed E-state index contributed by atoms with van der Waals surface area (Å²) in [6.07, 6.45) is -0.554. The maximum Gasteiger partial charge on any atom is 0.360 e. The number of aromatic nitrogens is 1. The molecule has 118 valence electrons. The Labute approximate surface area is 145 Å². The summed E-state index contributed by atoms with van der Waals surface area (Å²) >= 11 is 14.0. The highest BCUT2D eigenvalue weighted by Gasteiger charge is 2.25. The van der Waals surface area contributed by atoms with Gasteiger partial charge < -0.3 is 10.1 Å². The molecule has 2 rings (SSSR count). The quantitative estimate of drug-likeness (QED) is 0.776. The molecule has 0 aliphatic rings. The molecule has 1 amide bonds. The lowest BCUT2D eigenvalue weighted by Crippen LogP contribution is -2.37. The molecule has 0 spiro atoms. The molecule has 2 aromatic heterocycles. The zero-order chi connectivity index (χ0) is 16.1. The van der Waals surface area contributed by atoms with Crippen LogP contribution in [0.3, 0.4) is 0 Å². The van der Waals surface area contributed by atoms with Crippen molar-refractivity contribution in [3.05, 3.63) is 37.4 Å². The zero-order valence-corrected chi connectivity index (χ0v) is 14.6. The Kier molecular flexibility index (Phi) is 6.19. The molecule has 5 nitrogen and oxygen atoms in total. The normalized spacial score (nSPS) is 12.0. The number of thiophene rings is 1. The van der Waals surface area contributed by atoms with Crippen LogP contribution in [0.25, 0.3) is 0 Å². The van der Waals surface area contributed by atoms with Gasteiger partial charge in [0, 0.05) is 4.88 Å². The minimum atomic E-state index is -0.899. The molecular weight excluding hydrogens is 367 g/mol. The van der Waals surface area contributed by atoms with Crippen molar-refractivity contribution >= 4 is 57.9 Å². The van der Waals surface area contributed by atoms with Gasteiger partial charge in [0.25, 0.3) is 5.91 Å².